The van der Waals surface area contributed by atoms with Gasteiger partial charge in [0, 0.05) is 12.7 Å². The first kappa shape index (κ1) is 10.9. The van der Waals surface area contributed by atoms with Crippen molar-refractivity contribution in [3.8, 4) is 0 Å². The van der Waals surface area contributed by atoms with E-state index >= 15 is 0 Å². The van der Waals surface area contributed by atoms with Crippen molar-refractivity contribution in [3.63, 3.8) is 0 Å². The Morgan fingerprint density at radius 2 is 2.14 bits per heavy atom. The fourth-order valence-corrected chi connectivity index (χ4v) is 1.41. The van der Waals surface area contributed by atoms with Crippen LogP contribution in [0.5, 0.6) is 0 Å². The maximum atomic E-state index is 5.77. The molecule has 0 radical (unpaired) electrons. The molecule has 0 aliphatic rings. The lowest BCUT2D eigenvalue weighted by Gasteiger charge is -2.31. The third-order valence-electron chi connectivity index (χ3n) is 2.71. The van der Waals surface area contributed by atoms with Crippen LogP contribution < -0.4 is 11.1 Å². The normalized spacial score (nSPS) is 11.4. The third kappa shape index (κ3) is 2.42. The summed E-state index contributed by atoms with van der Waals surface area (Å²) in [4.78, 5) is 0. The zero-order valence-corrected chi connectivity index (χ0v) is 8.83. The van der Waals surface area contributed by atoms with E-state index in [1.807, 2.05) is 12.1 Å². The van der Waals surface area contributed by atoms with Gasteiger partial charge in [-0.15, -0.1) is 5.10 Å². The van der Waals surface area contributed by atoms with Crippen LogP contribution in [0.15, 0.2) is 18.3 Å². The predicted molar refractivity (Wildman–Crippen MR) is 58.0 cm³/mol. The molecule has 0 saturated heterocycles. The largest absolute Gasteiger partial charge is 0.362 e. The van der Waals surface area contributed by atoms with Gasteiger partial charge in [0.1, 0.15) is 5.82 Å². The van der Waals surface area contributed by atoms with Gasteiger partial charge < -0.3 is 11.1 Å². The highest BCUT2D eigenvalue weighted by atomic mass is 15.2. The summed E-state index contributed by atoms with van der Waals surface area (Å²) in [7, 11) is 0. The number of nitrogens with one attached hydrogen (secondary N) is 1. The molecule has 0 aliphatic heterocycles. The molecule has 4 nitrogen and oxygen atoms in total. The summed E-state index contributed by atoms with van der Waals surface area (Å²) in [5.74, 6) is 0.793. The molecule has 0 unspecified atom stereocenters. The summed E-state index contributed by atoms with van der Waals surface area (Å²) in [5.41, 5.74) is 5.72. The molecule has 78 valence electrons. The molecule has 3 N–H and O–H groups in total. The number of nitrogens with zero attached hydrogens (tertiary/aromatic N) is 2. The molecule has 0 aliphatic carbocycles. The maximum Gasteiger partial charge on any atom is 0.149 e. The summed E-state index contributed by atoms with van der Waals surface area (Å²) in [5, 5.41) is 11.2. The standard InChI is InChI=1S/C10H18N4/c1-3-10(4-2,8-11)13-9-6-5-7-12-14-9/h5-7H,3-4,8,11H2,1-2H3,(H,13,14). The van der Waals surface area contributed by atoms with Crippen molar-refractivity contribution in [3.05, 3.63) is 18.3 Å². The summed E-state index contributed by atoms with van der Waals surface area (Å²) in [6, 6.07) is 3.77. The number of rotatable bonds is 5. The van der Waals surface area contributed by atoms with Gasteiger partial charge in [-0.1, -0.05) is 13.8 Å². The highest BCUT2D eigenvalue weighted by Crippen LogP contribution is 2.18. The summed E-state index contributed by atoms with van der Waals surface area (Å²) >= 11 is 0. The van der Waals surface area contributed by atoms with Gasteiger partial charge in [0.2, 0.25) is 0 Å². The van der Waals surface area contributed by atoms with Crippen LogP contribution in [-0.4, -0.2) is 22.3 Å². The van der Waals surface area contributed by atoms with Crippen LogP contribution in [0.2, 0.25) is 0 Å². The van der Waals surface area contributed by atoms with Crippen LogP contribution in [0.4, 0.5) is 5.82 Å². The van der Waals surface area contributed by atoms with Crippen LogP contribution in [0.1, 0.15) is 26.7 Å². The van der Waals surface area contributed by atoms with Crippen molar-refractivity contribution in [2.75, 3.05) is 11.9 Å². The minimum absolute atomic E-state index is 0.0456. The van der Waals surface area contributed by atoms with Gasteiger partial charge in [-0.3, -0.25) is 0 Å². The SMILES string of the molecule is CCC(CC)(CN)Nc1cccnn1. The molecule has 0 bridgehead atoms. The second kappa shape index (κ2) is 4.91. The second-order valence-corrected chi connectivity index (χ2v) is 3.43. The second-order valence-electron chi connectivity index (χ2n) is 3.43. The third-order valence-corrected chi connectivity index (χ3v) is 2.71. The van der Waals surface area contributed by atoms with E-state index in [0.29, 0.717) is 6.54 Å². The van der Waals surface area contributed by atoms with E-state index in [1.165, 1.54) is 0 Å². The van der Waals surface area contributed by atoms with E-state index in [1.54, 1.807) is 6.20 Å². The van der Waals surface area contributed by atoms with Crippen molar-refractivity contribution in [2.24, 2.45) is 5.73 Å². The molecule has 1 rings (SSSR count). The van der Waals surface area contributed by atoms with Gasteiger partial charge in [0.25, 0.3) is 0 Å². The van der Waals surface area contributed by atoms with Crippen LogP contribution >= 0.6 is 0 Å². The van der Waals surface area contributed by atoms with Crippen LogP contribution in [0.25, 0.3) is 0 Å². The molecule has 1 aromatic rings. The number of nitrogens with two attached hydrogens (primary N) is 1. The van der Waals surface area contributed by atoms with Crippen LogP contribution in [-0.2, 0) is 0 Å². The first-order valence-corrected chi connectivity index (χ1v) is 5.02. The van der Waals surface area contributed by atoms with Gasteiger partial charge in [0.15, 0.2) is 0 Å². The minimum atomic E-state index is -0.0456. The van der Waals surface area contributed by atoms with Gasteiger partial charge >= 0.3 is 0 Å². The highest BCUT2D eigenvalue weighted by Gasteiger charge is 2.24. The lowest BCUT2D eigenvalue weighted by Crippen LogP contribution is -2.44. The fraction of sp³-hybridized carbons (Fsp3) is 0.600. The van der Waals surface area contributed by atoms with E-state index in [4.69, 9.17) is 5.73 Å². The van der Waals surface area contributed by atoms with E-state index < -0.39 is 0 Å². The summed E-state index contributed by atoms with van der Waals surface area (Å²) in [6.45, 7) is 4.86. The van der Waals surface area contributed by atoms with E-state index in [9.17, 15) is 0 Å². The zero-order valence-electron chi connectivity index (χ0n) is 8.83. The topological polar surface area (TPSA) is 63.8 Å². The Kier molecular flexibility index (Phi) is 3.83. The highest BCUT2D eigenvalue weighted by molar-refractivity contribution is 5.35. The molecule has 0 spiro atoms. The Morgan fingerprint density at radius 3 is 2.57 bits per heavy atom. The quantitative estimate of drug-likeness (QED) is 0.743. The van der Waals surface area contributed by atoms with Crippen molar-refractivity contribution in [1.82, 2.24) is 10.2 Å². The molecular weight excluding hydrogens is 176 g/mol. The average Bonchev–Trinajstić information content (AvgIpc) is 2.28. The van der Waals surface area contributed by atoms with Crippen molar-refractivity contribution in [1.29, 1.82) is 0 Å². The zero-order chi connectivity index (χ0) is 10.4. The predicted octanol–water partition coefficient (Wildman–Crippen LogP) is 1.41. The lowest BCUT2D eigenvalue weighted by atomic mass is 9.93. The van der Waals surface area contributed by atoms with Crippen molar-refractivity contribution < 1.29 is 0 Å². The Bertz CT molecular complexity index is 248. The van der Waals surface area contributed by atoms with Crippen LogP contribution in [0, 0.1) is 0 Å². The Balaban J connectivity index is 2.74. The molecule has 0 amide bonds. The average molecular weight is 194 g/mol. The summed E-state index contributed by atoms with van der Waals surface area (Å²) < 4.78 is 0. The Morgan fingerprint density at radius 1 is 1.43 bits per heavy atom. The monoisotopic (exact) mass is 194 g/mol. The van der Waals surface area contributed by atoms with Gasteiger partial charge in [-0.05, 0) is 25.0 Å². The molecule has 14 heavy (non-hydrogen) atoms. The number of anilines is 1. The molecule has 0 saturated carbocycles. The van der Waals surface area contributed by atoms with Gasteiger partial charge in [0.05, 0.1) is 5.54 Å². The molecule has 0 aromatic carbocycles. The molecule has 0 fully saturated rings. The number of hydrogen-bond acceptors (Lipinski definition) is 4. The van der Waals surface area contributed by atoms with Gasteiger partial charge in [-0.2, -0.15) is 5.10 Å². The Labute approximate surface area is 84.9 Å². The van der Waals surface area contributed by atoms with E-state index in [0.717, 1.165) is 18.7 Å². The molecule has 1 heterocycles. The van der Waals surface area contributed by atoms with Crippen molar-refractivity contribution >= 4 is 5.82 Å². The maximum absolute atomic E-state index is 5.77. The molecular formula is C10H18N4. The van der Waals surface area contributed by atoms with Gasteiger partial charge in [-0.25, -0.2) is 0 Å². The smallest absolute Gasteiger partial charge is 0.149 e. The van der Waals surface area contributed by atoms with E-state index in [2.05, 4.69) is 29.4 Å². The Hall–Kier alpha value is -1.16. The number of aromatic nitrogens is 2. The minimum Gasteiger partial charge on any atom is -0.362 e. The molecule has 1 aromatic heterocycles. The number of hydrogen-bond donors (Lipinski definition) is 2. The van der Waals surface area contributed by atoms with Crippen LogP contribution in [0.3, 0.4) is 0 Å². The van der Waals surface area contributed by atoms with Crippen molar-refractivity contribution in [2.45, 2.75) is 32.2 Å². The fourth-order valence-electron chi connectivity index (χ4n) is 1.41. The first-order valence-electron chi connectivity index (χ1n) is 5.02. The van der Waals surface area contributed by atoms with E-state index in [-0.39, 0.29) is 5.54 Å². The molecule has 4 heteroatoms. The summed E-state index contributed by atoms with van der Waals surface area (Å²) in [6.07, 6.45) is 3.63. The molecule has 0 atom stereocenters. The first-order chi connectivity index (χ1) is 6.76. The lowest BCUT2D eigenvalue weighted by molar-refractivity contribution is 0.443.